The van der Waals surface area contributed by atoms with Gasteiger partial charge in [-0.1, -0.05) is 42.7 Å². The van der Waals surface area contributed by atoms with E-state index in [2.05, 4.69) is 5.32 Å². The number of fused-ring (bicyclic) bond motifs is 1. The van der Waals surface area contributed by atoms with Gasteiger partial charge in [0.25, 0.3) is 5.69 Å². The lowest BCUT2D eigenvalue weighted by atomic mass is 9.81. The SMILES string of the molecule is Cc1ccc(CNc2ccc(N3C(=O)[C@H]4CCCC[C@@H]4C3=O)cc2[N+](=O)[O-])cc1. The Morgan fingerprint density at radius 2 is 1.66 bits per heavy atom. The molecule has 0 spiro atoms. The number of hydrogen-bond donors (Lipinski definition) is 1. The Morgan fingerprint density at radius 3 is 2.24 bits per heavy atom. The lowest BCUT2D eigenvalue weighted by Crippen LogP contribution is -2.30. The number of carbonyl (C=O) groups excluding carboxylic acids is 2. The maximum absolute atomic E-state index is 12.8. The van der Waals surface area contributed by atoms with Gasteiger partial charge in [0, 0.05) is 12.6 Å². The summed E-state index contributed by atoms with van der Waals surface area (Å²) in [5.41, 5.74) is 2.63. The van der Waals surface area contributed by atoms with Gasteiger partial charge >= 0.3 is 0 Å². The van der Waals surface area contributed by atoms with Crippen LogP contribution in [0.15, 0.2) is 42.5 Å². The topological polar surface area (TPSA) is 92.6 Å². The summed E-state index contributed by atoms with van der Waals surface area (Å²) in [5.74, 6) is -1.02. The molecule has 1 aliphatic heterocycles. The summed E-state index contributed by atoms with van der Waals surface area (Å²) in [7, 11) is 0. The first-order valence-corrected chi connectivity index (χ1v) is 9.91. The number of anilines is 2. The second-order valence-electron chi connectivity index (χ2n) is 7.81. The van der Waals surface area contributed by atoms with Crippen LogP contribution in [0.2, 0.25) is 0 Å². The van der Waals surface area contributed by atoms with Crippen molar-refractivity contribution >= 4 is 28.9 Å². The van der Waals surface area contributed by atoms with E-state index in [1.165, 1.54) is 6.07 Å². The molecule has 2 aromatic carbocycles. The summed E-state index contributed by atoms with van der Waals surface area (Å²) in [6.45, 7) is 2.43. The van der Waals surface area contributed by atoms with Gasteiger partial charge in [0.1, 0.15) is 5.69 Å². The molecule has 150 valence electrons. The summed E-state index contributed by atoms with van der Waals surface area (Å²) in [5, 5.41) is 14.7. The number of nitrogens with one attached hydrogen (secondary N) is 1. The highest BCUT2D eigenvalue weighted by atomic mass is 16.6. The van der Waals surface area contributed by atoms with Crippen LogP contribution in [0.1, 0.15) is 36.8 Å². The summed E-state index contributed by atoms with van der Waals surface area (Å²) >= 11 is 0. The van der Waals surface area contributed by atoms with Gasteiger partial charge in [-0.05, 0) is 37.5 Å². The highest BCUT2D eigenvalue weighted by Gasteiger charge is 2.49. The molecule has 2 atom stereocenters. The Hall–Kier alpha value is -3.22. The first kappa shape index (κ1) is 19.1. The third-order valence-corrected chi connectivity index (χ3v) is 5.88. The zero-order valence-corrected chi connectivity index (χ0v) is 16.3. The fourth-order valence-corrected chi connectivity index (χ4v) is 4.28. The van der Waals surface area contributed by atoms with Crippen molar-refractivity contribution in [3.05, 3.63) is 63.7 Å². The van der Waals surface area contributed by atoms with Crippen LogP contribution in [0.3, 0.4) is 0 Å². The van der Waals surface area contributed by atoms with E-state index in [-0.39, 0.29) is 35.0 Å². The molecule has 2 amide bonds. The molecular weight excluding hydrogens is 370 g/mol. The minimum absolute atomic E-state index is 0.148. The molecule has 1 heterocycles. The maximum atomic E-state index is 12.8. The van der Waals surface area contributed by atoms with Crippen LogP contribution in [-0.4, -0.2) is 16.7 Å². The number of nitrogens with zero attached hydrogens (tertiary/aromatic N) is 2. The molecule has 29 heavy (non-hydrogen) atoms. The van der Waals surface area contributed by atoms with Crippen LogP contribution in [0.4, 0.5) is 17.1 Å². The molecule has 0 aromatic heterocycles. The largest absolute Gasteiger partial charge is 0.375 e. The van der Waals surface area contributed by atoms with E-state index in [0.29, 0.717) is 25.1 Å². The Labute approximate surface area is 168 Å². The second-order valence-corrected chi connectivity index (χ2v) is 7.81. The molecule has 0 bridgehead atoms. The Morgan fingerprint density at radius 1 is 1.03 bits per heavy atom. The number of benzene rings is 2. The molecule has 7 nitrogen and oxygen atoms in total. The standard InChI is InChI=1S/C22H23N3O4/c1-14-6-8-15(9-7-14)13-23-19-11-10-16(12-20(19)25(28)29)24-21(26)17-4-2-3-5-18(17)22(24)27/h6-12,17-18,23H,2-5,13H2,1H3/t17-,18-/m0/s1. The van der Waals surface area contributed by atoms with E-state index < -0.39 is 4.92 Å². The molecule has 1 N–H and O–H groups in total. The van der Waals surface area contributed by atoms with Gasteiger partial charge in [-0.3, -0.25) is 19.7 Å². The van der Waals surface area contributed by atoms with Crippen LogP contribution in [0.25, 0.3) is 0 Å². The lowest BCUT2D eigenvalue weighted by molar-refractivity contribution is -0.383. The van der Waals surface area contributed by atoms with Gasteiger partial charge in [-0.25, -0.2) is 4.90 Å². The van der Waals surface area contributed by atoms with E-state index in [0.717, 1.165) is 28.9 Å². The van der Waals surface area contributed by atoms with Crippen LogP contribution in [0.5, 0.6) is 0 Å². The Balaban J connectivity index is 1.59. The summed E-state index contributed by atoms with van der Waals surface area (Å²) in [6.07, 6.45) is 3.31. The lowest BCUT2D eigenvalue weighted by Gasteiger charge is -2.19. The Bertz CT molecular complexity index is 947. The van der Waals surface area contributed by atoms with Gasteiger partial charge in [0.2, 0.25) is 11.8 Å². The van der Waals surface area contributed by atoms with E-state index in [1.807, 2.05) is 31.2 Å². The third-order valence-electron chi connectivity index (χ3n) is 5.88. The van der Waals surface area contributed by atoms with Crippen molar-refractivity contribution in [1.29, 1.82) is 0 Å². The fraction of sp³-hybridized carbons (Fsp3) is 0.364. The monoisotopic (exact) mass is 393 g/mol. The normalized spacial score (nSPS) is 21.2. The summed E-state index contributed by atoms with van der Waals surface area (Å²) < 4.78 is 0. The molecule has 7 heteroatoms. The summed E-state index contributed by atoms with van der Waals surface area (Å²) in [4.78, 5) is 37.8. The quantitative estimate of drug-likeness (QED) is 0.467. The van der Waals surface area contributed by atoms with Crippen molar-refractivity contribution < 1.29 is 14.5 Å². The zero-order valence-electron chi connectivity index (χ0n) is 16.3. The van der Waals surface area contributed by atoms with Gasteiger partial charge in [0.05, 0.1) is 22.4 Å². The molecule has 0 unspecified atom stereocenters. The van der Waals surface area contributed by atoms with Gasteiger partial charge < -0.3 is 5.32 Å². The number of hydrogen-bond acceptors (Lipinski definition) is 5. The van der Waals surface area contributed by atoms with Crippen LogP contribution in [-0.2, 0) is 16.1 Å². The summed E-state index contributed by atoms with van der Waals surface area (Å²) in [6, 6.07) is 12.4. The zero-order chi connectivity index (χ0) is 20.5. The predicted molar refractivity (Wildman–Crippen MR) is 110 cm³/mol. The van der Waals surface area contributed by atoms with Crippen molar-refractivity contribution in [1.82, 2.24) is 0 Å². The maximum Gasteiger partial charge on any atom is 0.294 e. The highest BCUT2D eigenvalue weighted by molar-refractivity contribution is 6.22. The minimum Gasteiger partial charge on any atom is -0.375 e. The van der Waals surface area contributed by atoms with Crippen molar-refractivity contribution in [2.24, 2.45) is 11.8 Å². The third kappa shape index (κ3) is 3.60. The molecule has 2 aliphatic rings. The number of aryl methyl sites for hydroxylation is 1. The van der Waals surface area contributed by atoms with Gasteiger partial charge in [0.15, 0.2) is 0 Å². The van der Waals surface area contributed by atoms with Crippen molar-refractivity contribution in [3.63, 3.8) is 0 Å². The molecule has 0 radical (unpaired) electrons. The van der Waals surface area contributed by atoms with Crippen molar-refractivity contribution in [2.75, 3.05) is 10.2 Å². The number of amides is 2. The number of rotatable bonds is 5. The second kappa shape index (κ2) is 7.66. The van der Waals surface area contributed by atoms with Gasteiger partial charge in [-0.2, -0.15) is 0 Å². The molecule has 2 fully saturated rings. The van der Waals surface area contributed by atoms with Crippen LogP contribution < -0.4 is 10.2 Å². The number of nitro benzene ring substituents is 1. The molecule has 1 aliphatic carbocycles. The Kier molecular flexibility index (Phi) is 5.05. The first-order valence-electron chi connectivity index (χ1n) is 9.91. The molecule has 1 saturated carbocycles. The first-order chi connectivity index (χ1) is 14.0. The fourth-order valence-electron chi connectivity index (χ4n) is 4.28. The highest BCUT2D eigenvalue weighted by Crippen LogP contribution is 2.41. The van der Waals surface area contributed by atoms with E-state index >= 15 is 0 Å². The van der Waals surface area contributed by atoms with Crippen LogP contribution >= 0.6 is 0 Å². The average molecular weight is 393 g/mol. The van der Waals surface area contributed by atoms with Crippen molar-refractivity contribution in [3.8, 4) is 0 Å². The molecule has 1 saturated heterocycles. The molecule has 4 rings (SSSR count). The smallest absolute Gasteiger partial charge is 0.294 e. The number of imide groups is 1. The minimum atomic E-state index is -0.487. The van der Waals surface area contributed by atoms with Crippen LogP contribution in [0, 0.1) is 28.9 Å². The average Bonchev–Trinajstić information content (AvgIpc) is 2.98. The molecular formula is C22H23N3O4. The van der Waals surface area contributed by atoms with E-state index in [1.54, 1.807) is 12.1 Å². The number of nitro groups is 1. The molecule has 2 aromatic rings. The van der Waals surface area contributed by atoms with Crippen molar-refractivity contribution in [2.45, 2.75) is 39.2 Å². The van der Waals surface area contributed by atoms with E-state index in [9.17, 15) is 19.7 Å². The predicted octanol–water partition coefficient (Wildman–Crippen LogP) is 4.19. The number of carbonyl (C=O) groups is 2. The van der Waals surface area contributed by atoms with Gasteiger partial charge in [-0.15, -0.1) is 0 Å². The van der Waals surface area contributed by atoms with E-state index in [4.69, 9.17) is 0 Å².